The Balaban J connectivity index is 2.42. The highest BCUT2D eigenvalue weighted by Gasteiger charge is 2.30. The molecule has 2 atom stereocenters. The van der Waals surface area contributed by atoms with Gasteiger partial charge >= 0.3 is 6.09 Å². The molecule has 0 aromatic carbocycles. The molecule has 0 spiro atoms. The summed E-state index contributed by atoms with van der Waals surface area (Å²) in [4.78, 5) is 13.1. The van der Waals surface area contributed by atoms with Crippen molar-refractivity contribution in [2.24, 2.45) is 11.7 Å². The second-order valence-electron chi connectivity index (χ2n) is 3.98. The van der Waals surface area contributed by atoms with Crippen molar-refractivity contribution in [2.75, 3.05) is 13.1 Å². The van der Waals surface area contributed by atoms with E-state index in [0.717, 1.165) is 0 Å². The van der Waals surface area contributed by atoms with Gasteiger partial charge in [0.05, 0.1) is 6.10 Å². The minimum atomic E-state index is -0.241. The van der Waals surface area contributed by atoms with Gasteiger partial charge in [-0.1, -0.05) is 6.92 Å². The summed E-state index contributed by atoms with van der Waals surface area (Å²) in [5.74, 6) is 0.375. The zero-order valence-corrected chi connectivity index (χ0v) is 8.49. The lowest BCUT2D eigenvalue weighted by Crippen LogP contribution is -2.33. The monoisotopic (exact) mass is 186 g/mol. The van der Waals surface area contributed by atoms with Gasteiger partial charge in [-0.3, -0.25) is 0 Å². The molecule has 2 unspecified atom stereocenters. The van der Waals surface area contributed by atoms with Crippen LogP contribution in [0, 0.1) is 5.92 Å². The Hall–Kier alpha value is -0.770. The fourth-order valence-corrected chi connectivity index (χ4v) is 1.42. The molecule has 0 radical (unpaired) electrons. The SMILES string of the molecule is CC(C)OC(=O)N1CC(C)C(N)C1. The van der Waals surface area contributed by atoms with Gasteiger partial charge in [-0.25, -0.2) is 4.79 Å². The van der Waals surface area contributed by atoms with Gasteiger partial charge in [0.25, 0.3) is 0 Å². The van der Waals surface area contributed by atoms with Gasteiger partial charge in [-0.15, -0.1) is 0 Å². The molecule has 1 aliphatic rings. The van der Waals surface area contributed by atoms with Gasteiger partial charge in [0.2, 0.25) is 0 Å². The summed E-state index contributed by atoms with van der Waals surface area (Å²) in [6.45, 7) is 7.07. The maximum Gasteiger partial charge on any atom is 0.410 e. The summed E-state index contributed by atoms with van der Waals surface area (Å²) in [6, 6.07) is 0.0970. The van der Waals surface area contributed by atoms with E-state index in [1.165, 1.54) is 0 Å². The number of carbonyl (C=O) groups excluding carboxylic acids is 1. The Morgan fingerprint density at radius 1 is 1.54 bits per heavy atom. The van der Waals surface area contributed by atoms with Crippen molar-refractivity contribution in [1.82, 2.24) is 4.90 Å². The maximum atomic E-state index is 11.4. The molecule has 0 aromatic heterocycles. The van der Waals surface area contributed by atoms with Crippen molar-refractivity contribution in [3.05, 3.63) is 0 Å². The van der Waals surface area contributed by atoms with Crippen molar-refractivity contribution in [2.45, 2.75) is 32.9 Å². The molecule has 0 bridgehead atoms. The van der Waals surface area contributed by atoms with Crippen molar-refractivity contribution >= 4 is 6.09 Å². The number of hydrogen-bond acceptors (Lipinski definition) is 3. The Bertz CT molecular complexity index is 184. The highest BCUT2D eigenvalue weighted by molar-refractivity contribution is 5.68. The summed E-state index contributed by atoms with van der Waals surface area (Å²) >= 11 is 0. The van der Waals surface area contributed by atoms with Crippen LogP contribution >= 0.6 is 0 Å². The Labute approximate surface area is 79.0 Å². The van der Waals surface area contributed by atoms with Crippen molar-refractivity contribution in [3.63, 3.8) is 0 Å². The number of ether oxygens (including phenoxy) is 1. The molecule has 76 valence electrons. The fourth-order valence-electron chi connectivity index (χ4n) is 1.42. The van der Waals surface area contributed by atoms with Crippen molar-refractivity contribution in [1.29, 1.82) is 0 Å². The first-order valence-corrected chi connectivity index (χ1v) is 4.72. The average Bonchev–Trinajstić information content (AvgIpc) is 2.31. The molecule has 1 saturated heterocycles. The van der Waals surface area contributed by atoms with Crippen LogP contribution in [0.5, 0.6) is 0 Å². The number of carbonyl (C=O) groups is 1. The molecular formula is C9H18N2O2. The van der Waals surface area contributed by atoms with E-state index in [2.05, 4.69) is 0 Å². The zero-order chi connectivity index (χ0) is 10.0. The van der Waals surface area contributed by atoms with E-state index in [1.807, 2.05) is 20.8 Å². The lowest BCUT2D eigenvalue weighted by atomic mass is 10.1. The minimum absolute atomic E-state index is 0.0559. The van der Waals surface area contributed by atoms with Crippen LogP contribution in [-0.4, -0.2) is 36.2 Å². The standard InChI is InChI=1S/C9H18N2O2/c1-6(2)13-9(12)11-4-7(3)8(10)5-11/h6-8H,4-5,10H2,1-3H3. The van der Waals surface area contributed by atoms with Crippen molar-refractivity contribution < 1.29 is 9.53 Å². The number of hydrogen-bond donors (Lipinski definition) is 1. The zero-order valence-electron chi connectivity index (χ0n) is 8.49. The molecule has 13 heavy (non-hydrogen) atoms. The van der Waals surface area contributed by atoms with Crippen LogP contribution in [0.4, 0.5) is 4.79 Å². The lowest BCUT2D eigenvalue weighted by molar-refractivity contribution is 0.0825. The van der Waals surface area contributed by atoms with Crippen LogP contribution < -0.4 is 5.73 Å². The van der Waals surface area contributed by atoms with E-state index in [0.29, 0.717) is 19.0 Å². The number of rotatable bonds is 1. The Morgan fingerprint density at radius 2 is 2.15 bits per heavy atom. The van der Waals surface area contributed by atoms with E-state index >= 15 is 0 Å². The van der Waals surface area contributed by atoms with Gasteiger partial charge in [0, 0.05) is 19.1 Å². The molecule has 4 nitrogen and oxygen atoms in total. The molecule has 2 N–H and O–H groups in total. The highest BCUT2D eigenvalue weighted by Crippen LogP contribution is 2.15. The van der Waals surface area contributed by atoms with Crippen LogP contribution in [0.2, 0.25) is 0 Å². The summed E-state index contributed by atoms with van der Waals surface area (Å²) in [5, 5.41) is 0. The minimum Gasteiger partial charge on any atom is -0.447 e. The predicted molar refractivity (Wildman–Crippen MR) is 50.3 cm³/mol. The maximum absolute atomic E-state index is 11.4. The van der Waals surface area contributed by atoms with Crippen LogP contribution in [-0.2, 0) is 4.74 Å². The predicted octanol–water partition coefficient (Wildman–Crippen LogP) is 0.810. The first-order valence-electron chi connectivity index (χ1n) is 4.72. The van der Waals surface area contributed by atoms with Gasteiger partial charge in [-0.05, 0) is 19.8 Å². The van der Waals surface area contributed by atoms with Crippen molar-refractivity contribution in [3.8, 4) is 0 Å². The second kappa shape index (κ2) is 3.96. The van der Waals surface area contributed by atoms with E-state index in [9.17, 15) is 4.79 Å². The fraction of sp³-hybridized carbons (Fsp3) is 0.889. The first kappa shape index (κ1) is 10.3. The lowest BCUT2D eigenvalue weighted by Gasteiger charge is -2.17. The summed E-state index contributed by atoms with van der Waals surface area (Å²) in [6.07, 6.45) is -0.297. The number of likely N-dealkylation sites (tertiary alicyclic amines) is 1. The molecule has 4 heteroatoms. The normalized spacial score (nSPS) is 28.2. The summed E-state index contributed by atoms with van der Waals surface area (Å²) < 4.78 is 5.06. The highest BCUT2D eigenvalue weighted by atomic mass is 16.6. The molecular weight excluding hydrogens is 168 g/mol. The molecule has 1 fully saturated rings. The van der Waals surface area contributed by atoms with Crippen LogP contribution in [0.3, 0.4) is 0 Å². The molecule has 1 aliphatic heterocycles. The largest absolute Gasteiger partial charge is 0.447 e. The van der Waals surface area contributed by atoms with E-state index < -0.39 is 0 Å². The van der Waals surface area contributed by atoms with Gasteiger partial charge in [0.15, 0.2) is 0 Å². The number of amides is 1. The average molecular weight is 186 g/mol. The van der Waals surface area contributed by atoms with Gasteiger partial charge in [0.1, 0.15) is 0 Å². The molecule has 1 rings (SSSR count). The van der Waals surface area contributed by atoms with Crippen LogP contribution in [0.1, 0.15) is 20.8 Å². The van der Waals surface area contributed by atoms with Gasteiger partial charge < -0.3 is 15.4 Å². The topological polar surface area (TPSA) is 55.6 Å². The number of nitrogens with zero attached hydrogens (tertiary/aromatic N) is 1. The third-order valence-electron chi connectivity index (χ3n) is 2.27. The third kappa shape index (κ3) is 2.59. The molecule has 1 heterocycles. The van der Waals surface area contributed by atoms with Gasteiger partial charge in [-0.2, -0.15) is 0 Å². The second-order valence-corrected chi connectivity index (χ2v) is 3.98. The van der Waals surface area contributed by atoms with E-state index in [1.54, 1.807) is 4.90 Å². The smallest absolute Gasteiger partial charge is 0.410 e. The molecule has 0 aromatic rings. The molecule has 0 aliphatic carbocycles. The van der Waals surface area contributed by atoms with E-state index in [4.69, 9.17) is 10.5 Å². The van der Waals surface area contributed by atoms with Crippen LogP contribution in [0.15, 0.2) is 0 Å². The summed E-state index contributed by atoms with van der Waals surface area (Å²) in [5.41, 5.74) is 5.79. The van der Waals surface area contributed by atoms with E-state index in [-0.39, 0.29) is 18.2 Å². The molecule has 0 saturated carbocycles. The quantitative estimate of drug-likeness (QED) is 0.659. The first-order chi connectivity index (χ1) is 6.00. The molecule has 1 amide bonds. The number of nitrogens with two attached hydrogens (primary N) is 1. The van der Waals surface area contributed by atoms with Crippen LogP contribution in [0.25, 0.3) is 0 Å². The Kier molecular flexibility index (Phi) is 3.14. The summed E-state index contributed by atoms with van der Waals surface area (Å²) in [7, 11) is 0. The third-order valence-corrected chi connectivity index (χ3v) is 2.27. The Morgan fingerprint density at radius 3 is 2.54 bits per heavy atom.